The van der Waals surface area contributed by atoms with E-state index in [1.54, 1.807) is 0 Å². The lowest BCUT2D eigenvalue weighted by Gasteiger charge is -2.41. The number of rotatable bonds is 3. The first-order chi connectivity index (χ1) is 7.12. The van der Waals surface area contributed by atoms with Gasteiger partial charge in [-0.3, -0.25) is 4.79 Å². The first-order valence-electron chi connectivity index (χ1n) is 5.48. The van der Waals surface area contributed by atoms with Crippen molar-refractivity contribution in [1.82, 2.24) is 0 Å². The van der Waals surface area contributed by atoms with E-state index in [9.17, 15) is 4.79 Å². The average molecular weight is 203 g/mol. The van der Waals surface area contributed by atoms with Crippen LogP contribution in [0.5, 0.6) is 0 Å². The number of carbonyl (C=O) groups is 1. The van der Waals surface area contributed by atoms with Gasteiger partial charge in [-0.25, -0.2) is 0 Å². The molecule has 1 saturated carbocycles. The molecule has 0 unspecified atom stereocenters. The number of aryl methyl sites for hydroxylation is 1. The predicted octanol–water partition coefficient (Wildman–Crippen LogP) is 2.29. The second kappa shape index (κ2) is 3.69. The Hall–Kier alpha value is -1.31. The summed E-state index contributed by atoms with van der Waals surface area (Å²) in [5, 5.41) is 0. The van der Waals surface area contributed by atoms with Crippen LogP contribution < -0.4 is 5.73 Å². The van der Waals surface area contributed by atoms with Gasteiger partial charge in [0.1, 0.15) is 0 Å². The maximum atomic E-state index is 11.1. The van der Waals surface area contributed by atoms with E-state index in [0.29, 0.717) is 6.42 Å². The van der Waals surface area contributed by atoms with Gasteiger partial charge in [-0.2, -0.15) is 0 Å². The average Bonchev–Trinajstić information content (AvgIpc) is 2.11. The lowest BCUT2D eigenvalue weighted by atomic mass is 9.62. The van der Waals surface area contributed by atoms with Crippen molar-refractivity contribution in [3.8, 4) is 0 Å². The SMILES string of the molecule is Cc1cccc(C2(CC(N)=O)CCC2)c1. The molecule has 0 aromatic heterocycles. The molecule has 1 aliphatic rings. The van der Waals surface area contributed by atoms with Crippen LogP contribution in [-0.4, -0.2) is 5.91 Å². The van der Waals surface area contributed by atoms with E-state index in [0.717, 1.165) is 12.8 Å². The highest BCUT2D eigenvalue weighted by molar-refractivity contribution is 5.75. The lowest BCUT2D eigenvalue weighted by molar-refractivity contribution is -0.120. The summed E-state index contributed by atoms with van der Waals surface area (Å²) >= 11 is 0. The summed E-state index contributed by atoms with van der Waals surface area (Å²) in [6.07, 6.45) is 3.90. The fourth-order valence-corrected chi connectivity index (χ4v) is 2.48. The molecule has 0 aliphatic heterocycles. The molecule has 0 saturated heterocycles. The summed E-state index contributed by atoms with van der Waals surface area (Å²) in [4.78, 5) is 11.1. The Morgan fingerprint density at radius 3 is 2.67 bits per heavy atom. The normalized spacial score (nSPS) is 18.2. The summed E-state index contributed by atoms with van der Waals surface area (Å²) < 4.78 is 0. The molecule has 2 nitrogen and oxygen atoms in total. The molecule has 80 valence electrons. The van der Waals surface area contributed by atoms with Gasteiger partial charge in [0, 0.05) is 11.8 Å². The number of hydrogen-bond donors (Lipinski definition) is 1. The quantitative estimate of drug-likeness (QED) is 0.804. The topological polar surface area (TPSA) is 43.1 Å². The van der Waals surface area contributed by atoms with Crippen molar-refractivity contribution in [3.63, 3.8) is 0 Å². The number of amides is 1. The third kappa shape index (κ3) is 1.89. The zero-order chi connectivity index (χ0) is 10.9. The van der Waals surface area contributed by atoms with Crippen LogP contribution in [0.4, 0.5) is 0 Å². The van der Waals surface area contributed by atoms with Crippen molar-refractivity contribution in [2.24, 2.45) is 5.73 Å². The molecule has 15 heavy (non-hydrogen) atoms. The Bertz CT molecular complexity index is 380. The van der Waals surface area contributed by atoms with Crippen LogP contribution in [0.15, 0.2) is 24.3 Å². The molecule has 2 N–H and O–H groups in total. The molecule has 1 fully saturated rings. The highest BCUT2D eigenvalue weighted by atomic mass is 16.1. The molecular weight excluding hydrogens is 186 g/mol. The van der Waals surface area contributed by atoms with Gasteiger partial charge in [0.25, 0.3) is 0 Å². The van der Waals surface area contributed by atoms with Gasteiger partial charge in [0.15, 0.2) is 0 Å². The molecule has 1 aliphatic carbocycles. The fraction of sp³-hybridized carbons (Fsp3) is 0.462. The maximum Gasteiger partial charge on any atom is 0.218 e. The summed E-state index contributed by atoms with van der Waals surface area (Å²) in [5.74, 6) is -0.184. The Morgan fingerprint density at radius 2 is 2.20 bits per heavy atom. The first kappa shape index (κ1) is 10.2. The van der Waals surface area contributed by atoms with E-state index in [1.165, 1.54) is 17.5 Å². The molecular formula is C13H17NO. The second-order valence-corrected chi connectivity index (χ2v) is 4.65. The molecule has 0 bridgehead atoms. The van der Waals surface area contributed by atoms with Crippen molar-refractivity contribution < 1.29 is 4.79 Å². The highest BCUT2D eigenvalue weighted by Gasteiger charge is 2.39. The zero-order valence-electron chi connectivity index (χ0n) is 9.12. The monoisotopic (exact) mass is 203 g/mol. The number of benzene rings is 1. The van der Waals surface area contributed by atoms with Crippen molar-refractivity contribution in [2.75, 3.05) is 0 Å². The summed E-state index contributed by atoms with van der Waals surface area (Å²) in [6.45, 7) is 2.08. The highest BCUT2D eigenvalue weighted by Crippen LogP contribution is 2.46. The number of primary amides is 1. The van der Waals surface area contributed by atoms with E-state index in [4.69, 9.17) is 5.73 Å². The van der Waals surface area contributed by atoms with Crippen molar-refractivity contribution >= 4 is 5.91 Å². The van der Waals surface area contributed by atoms with Crippen LogP contribution >= 0.6 is 0 Å². The molecule has 1 amide bonds. The molecule has 0 radical (unpaired) electrons. The molecule has 2 heteroatoms. The maximum absolute atomic E-state index is 11.1. The van der Waals surface area contributed by atoms with Gasteiger partial charge in [0.2, 0.25) is 5.91 Å². The van der Waals surface area contributed by atoms with Gasteiger partial charge < -0.3 is 5.73 Å². The minimum Gasteiger partial charge on any atom is -0.370 e. The van der Waals surface area contributed by atoms with Crippen molar-refractivity contribution in [2.45, 2.75) is 38.0 Å². The van der Waals surface area contributed by atoms with Gasteiger partial charge in [0.05, 0.1) is 0 Å². The second-order valence-electron chi connectivity index (χ2n) is 4.65. The molecule has 0 heterocycles. The summed E-state index contributed by atoms with van der Waals surface area (Å²) in [7, 11) is 0. The zero-order valence-corrected chi connectivity index (χ0v) is 9.12. The number of carbonyl (C=O) groups excluding carboxylic acids is 1. The minimum atomic E-state index is -0.184. The standard InChI is InChI=1S/C13H17NO/c1-10-4-2-5-11(8-10)13(6-3-7-13)9-12(14)15/h2,4-5,8H,3,6-7,9H2,1H3,(H2,14,15). The van der Waals surface area contributed by atoms with Crippen LogP contribution in [0.25, 0.3) is 0 Å². The van der Waals surface area contributed by atoms with Gasteiger partial charge in [-0.05, 0) is 25.3 Å². The van der Waals surface area contributed by atoms with Gasteiger partial charge in [-0.1, -0.05) is 36.2 Å². The summed E-state index contributed by atoms with van der Waals surface area (Å²) in [6, 6.07) is 8.45. The molecule has 2 rings (SSSR count). The molecule has 0 atom stereocenters. The van der Waals surface area contributed by atoms with Gasteiger partial charge in [-0.15, -0.1) is 0 Å². The molecule has 1 aromatic rings. The van der Waals surface area contributed by atoms with E-state index in [2.05, 4.69) is 31.2 Å². The van der Waals surface area contributed by atoms with Crippen LogP contribution in [-0.2, 0) is 10.2 Å². The molecule has 0 spiro atoms. The third-order valence-electron chi connectivity index (χ3n) is 3.45. The lowest BCUT2D eigenvalue weighted by Crippen LogP contribution is -2.38. The fourth-order valence-electron chi connectivity index (χ4n) is 2.48. The Kier molecular flexibility index (Phi) is 2.51. The smallest absolute Gasteiger partial charge is 0.218 e. The molecule has 1 aromatic carbocycles. The Balaban J connectivity index is 2.29. The number of nitrogens with two attached hydrogens (primary N) is 1. The number of hydrogen-bond acceptors (Lipinski definition) is 1. The predicted molar refractivity (Wildman–Crippen MR) is 60.5 cm³/mol. The Labute approximate surface area is 90.5 Å². The van der Waals surface area contributed by atoms with Crippen molar-refractivity contribution in [3.05, 3.63) is 35.4 Å². The summed E-state index contributed by atoms with van der Waals surface area (Å²) in [5.41, 5.74) is 7.92. The Morgan fingerprint density at radius 1 is 1.47 bits per heavy atom. The third-order valence-corrected chi connectivity index (χ3v) is 3.45. The van der Waals surface area contributed by atoms with E-state index in [1.807, 2.05) is 0 Å². The van der Waals surface area contributed by atoms with Crippen LogP contribution in [0, 0.1) is 6.92 Å². The first-order valence-corrected chi connectivity index (χ1v) is 5.48. The van der Waals surface area contributed by atoms with E-state index >= 15 is 0 Å². The van der Waals surface area contributed by atoms with Crippen LogP contribution in [0.3, 0.4) is 0 Å². The van der Waals surface area contributed by atoms with E-state index < -0.39 is 0 Å². The largest absolute Gasteiger partial charge is 0.370 e. The van der Waals surface area contributed by atoms with Gasteiger partial charge >= 0.3 is 0 Å². The minimum absolute atomic E-state index is 0.0534. The van der Waals surface area contributed by atoms with E-state index in [-0.39, 0.29) is 11.3 Å². The van der Waals surface area contributed by atoms with Crippen LogP contribution in [0.2, 0.25) is 0 Å². The van der Waals surface area contributed by atoms with Crippen molar-refractivity contribution in [1.29, 1.82) is 0 Å². The van der Waals surface area contributed by atoms with Crippen LogP contribution in [0.1, 0.15) is 36.8 Å².